The molecular formula is C17H15FN2O4. The van der Waals surface area contributed by atoms with Gasteiger partial charge in [-0.1, -0.05) is 30.3 Å². The molecule has 24 heavy (non-hydrogen) atoms. The first-order valence-electron chi connectivity index (χ1n) is 7.34. The van der Waals surface area contributed by atoms with E-state index in [2.05, 4.69) is 10.9 Å². The number of amides is 2. The second-order valence-electron chi connectivity index (χ2n) is 5.17. The van der Waals surface area contributed by atoms with Gasteiger partial charge >= 0.3 is 0 Å². The third kappa shape index (κ3) is 3.62. The summed E-state index contributed by atoms with van der Waals surface area (Å²) in [6, 6.07) is 13.1. The summed E-state index contributed by atoms with van der Waals surface area (Å²) in [4.78, 5) is 23.6. The summed E-state index contributed by atoms with van der Waals surface area (Å²) in [5.41, 5.74) is 5.42. The smallest absolute Gasteiger partial charge is 0.279 e. The zero-order valence-electron chi connectivity index (χ0n) is 12.6. The van der Waals surface area contributed by atoms with Crippen molar-refractivity contribution >= 4 is 11.8 Å². The fourth-order valence-corrected chi connectivity index (χ4v) is 2.28. The first-order chi connectivity index (χ1) is 11.6. The number of ether oxygens (including phenoxy) is 2. The van der Waals surface area contributed by atoms with E-state index in [1.807, 2.05) is 18.2 Å². The minimum absolute atomic E-state index is 0.0337. The molecule has 2 aromatic carbocycles. The molecule has 1 aliphatic rings. The quantitative estimate of drug-likeness (QED) is 0.830. The molecule has 1 atom stereocenters. The Kier molecular flexibility index (Phi) is 4.60. The van der Waals surface area contributed by atoms with Gasteiger partial charge in [-0.2, -0.15) is 0 Å². The minimum atomic E-state index is -0.699. The highest BCUT2D eigenvalue weighted by Crippen LogP contribution is 2.27. The molecule has 0 aliphatic carbocycles. The van der Waals surface area contributed by atoms with Crippen LogP contribution >= 0.6 is 0 Å². The van der Waals surface area contributed by atoms with E-state index in [0.717, 1.165) is 5.56 Å². The molecule has 6 nitrogen and oxygen atoms in total. The molecule has 2 N–H and O–H groups in total. The van der Waals surface area contributed by atoms with Crippen LogP contribution in [0, 0.1) is 5.82 Å². The van der Waals surface area contributed by atoms with Crippen molar-refractivity contribution in [3.63, 3.8) is 0 Å². The maximum atomic E-state index is 13.3. The van der Waals surface area contributed by atoms with Gasteiger partial charge in [-0.05, 0) is 23.8 Å². The van der Waals surface area contributed by atoms with E-state index in [-0.39, 0.29) is 5.75 Å². The molecule has 0 aromatic heterocycles. The Labute approximate surface area is 137 Å². The van der Waals surface area contributed by atoms with Gasteiger partial charge in [0, 0.05) is 6.42 Å². The van der Waals surface area contributed by atoms with E-state index in [9.17, 15) is 14.0 Å². The van der Waals surface area contributed by atoms with Crippen LogP contribution in [0.3, 0.4) is 0 Å². The molecule has 0 spiro atoms. The van der Waals surface area contributed by atoms with Gasteiger partial charge in [0.2, 0.25) is 0 Å². The van der Waals surface area contributed by atoms with Crippen molar-refractivity contribution in [2.24, 2.45) is 0 Å². The Balaban J connectivity index is 1.44. The molecule has 0 saturated heterocycles. The summed E-state index contributed by atoms with van der Waals surface area (Å²) >= 11 is 0. The molecule has 0 unspecified atom stereocenters. The van der Waals surface area contributed by atoms with Crippen molar-refractivity contribution in [1.29, 1.82) is 0 Å². The molecule has 2 amide bonds. The summed E-state index contributed by atoms with van der Waals surface area (Å²) in [5.74, 6) is -1.01. The summed E-state index contributed by atoms with van der Waals surface area (Å²) in [6.07, 6.45) is -0.265. The maximum Gasteiger partial charge on any atom is 0.279 e. The van der Waals surface area contributed by atoms with Gasteiger partial charge in [-0.3, -0.25) is 20.4 Å². The topological polar surface area (TPSA) is 76.7 Å². The second-order valence-corrected chi connectivity index (χ2v) is 5.17. The summed E-state index contributed by atoms with van der Waals surface area (Å²) in [6.45, 7) is -0.424. The fraction of sp³-hybridized carbons (Fsp3) is 0.176. The third-order valence-electron chi connectivity index (χ3n) is 3.46. The number of benzene rings is 2. The van der Waals surface area contributed by atoms with Crippen LogP contribution in [0.25, 0.3) is 0 Å². The molecule has 2 aromatic rings. The van der Waals surface area contributed by atoms with Crippen molar-refractivity contribution in [3.05, 3.63) is 59.9 Å². The Morgan fingerprint density at radius 3 is 2.67 bits per heavy atom. The van der Waals surface area contributed by atoms with Crippen LogP contribution in [0.2, 0.25) is 0 Å². The van der Waals surface area contributed by atoms with Gasteiger partial charge in [-0.15, -0.1) is 0 Å². The zero-order valence-corrected chi connectivity index (χ0v) is 12.6. The van der Waals surface area contributed by atoms with E-state index in [4.69, 9.17) is 9.47 Å². The van der Waals surface area contributed by atoms with Crippen molar-refractivity contribution in [2.75, 3.05) is 6.61 Å². The monoisotopic (exact) mass is 330 g/mol. The number of fused-ring (bicyclic) bond motifs is 1. The van der Waals surface area contributed by atoms with Crippen molar-refractivity contribution in [2.45, 2.75) is 12.5 Å². The molecule has 3 rings (SSSR count). The van der Waals surface area contributed by atoms with Crippen LogP contribution < -0.4 is 20.3 Å². The SMILES string of the molecule is O=C(COc1ccccc1F)NNC(=O)[C@@H]1Cc2ccccc2O1. The number of hydrogen-bond acceptors (Lipinski definition) is 4. The van der Waals surface area contributed by atoms with Crippen LogP contribution in [0.15, 0.2) is 48.5 Å². The van der Waals surface area contributed by atoms with Gasteiger partial charge in [-0.25, -0.2) is 4.39 Å². The normalized spacial score (nSPS) is 15.1. The van der Waals surface area contributed by atoms with Gasteiger partial charge in [0.15, 0.2) is 24.3 Å². The Morgan fingerprint density at radius 1 is 1.12 bits per heavy atom. The largest absolute Gasteiger partial charge is 0.481 e. The molecule has 7 heteroatoms. The van der Waals surface area contributed by atoms with Crippen molar-refractivity contribution in [3.8, 4) is 11.5 Å². The molecule has 124 valence electrons. The average molecular weight is 330 g/mol. The van der Waals surface area contributed by atoms with Crippen molar-refractivity contribution < 1.29 is 23.5 Å². The molecule has 0 saturated carbocycles. The first-order valence-corrected chi connectivity index (χ1v) is 7.34. The molecule has 0 radical (unpaired) electrons. The highest BCUT2D eigenvalue weighted by Gasteiger charge is 2.28. The molecule has 1 aliphatic heterocycles. The van der Waals surface area contributed by atoms with E-state index in [1.165, 1.54) is 18.2 Å². The number of para-hydroxylation sites is 2. The molecule has 0 fully saturated rings. The van der Waals surface area contributed by atoms with Crippen LogP contribution in [0.5, 0.6) is 11.5 Å². The zero-order chi connectivity index (χ0) is 16.9. The van der Waals surface area contributed by atoms with Gasteiger partial charge in [0.25, 0.3) is 11.8 Å². The van der Waals surface area contributed by atoms with Crippen LogP contribution in [0.1, 0.15) is 5.56 Å². The minimum Gasteiger partial charge on any atom is -0.481 e. The summed E-state index contributed by atoms with van der Waals surface area (Å²) < 4.78 is 23.9. The Hall–Kier alpha value is -3.09. The number of carbonyl (C=O) groups excluding carboxylic acids is 2. The van der Waals surface area contributed by atoms with Crippen LogP contribution in [-0.4, -0.2) is 24.5 Å². The molecule has 0 bridgehead atoms. The van der Waals surface area contributed by atoms with Gasteiger partial charge in [0.1, 0.15) is 5.75 Å². The van der Waals surface area contributed by atoms with Crippen molar-refractivity contribution in [1.82, 2.24) is 10.9 Å². The van der Waals surface area contributed by atoms with E-state index >= 15 is 0 Å². The lowest BCUT2D eigenvalue weighted by atomic mass is 10.1. The lowest BCUT2D eigenvalue weighted by molar-refractivity contribution is -0.133. The number of rotatable bonds is 4. The van der Waals surface area contributed by atoms with E-state index in [0.29, 0.717) is 12.2 Å². The van der Waals surface area contributed by atoms with Gasteiger partial charge in [0.05, 0.1) is 0 Å². The second kappa shape index (κ2) is 6.99. The fourth-order valence-electron chi connectivity index (χ4n) is 2.28. The highest BCUT2D eigenvalue weighted by atomic mass is 19.1. The van der Waals surface area contributed by atoms with Crippen LogP contribution in [0.4, 0.5) is 4.39 Å². The number of hydrogen-bond donors (Lipinski definition) is 2. The predicted molar refractivity (Wildman–Crippen MR) is 82.7 cm³/mol. The number of halogens is 1. The third-order valence-corrected chi connectivity index (χ3v) is 3.46. The van der Waals surface area contributed by atoms with E-state index in [1.54, 1.807) is 12.1 Å². The maximum absolute atomic E-state index is 13.3. The summed E-state index contributed by atoms with van der Waals surface area (Å²) in [5, 5.41) is 0. The Bertz CT molecular complexity index is 741. The molecular weight excluding hydrogens is 315 g/mol. The predicted octanol–water partition coefficient (Wildman–Crippen LogP) is 1.36. The first kappa shape index (κ1) is 15.8. The lowest BCUT2D eigenvalue weighted by Crippen LogP contribution is -2.49. The average Bonchev–Trinajstić information content (AvgIpc) is 3.03. The number of carbonyl (C=O) groups is 2. The summed E-state index contributed by atoms with van der Waals surface area (Å²) in [7, 11) is 0. The lowest BCUT2D eigenvalue weighted by Gasteiger charge is -2.12. The number of nitrogens with one attached hydrogen (secondary N) is 2. The van der Waals surface area contributed by atoms with Gasteiger partial charge < -0.3 is 9.47 Å². The van der Waals surface area contributed by atoms with E-state index < -0.39 is 30.3 Å². The Morgan fingerprint density at radius 2 is 1.88 bits per heavy atom. The number of hydrazine groups is 1. The molecule has 1 heterocycles. The standard InChI is InChI=1S/C17H15FN2O4/c18-12-6-2-4-8-14(12)23-10-16(21)19-20-17(22)15-9-11-5-1-3-7-13(11)24-15/h1-8,15H,9-10H2,(H,19,21)(H,20,22)/t15-/m0/s1. The van der Waals surface area contributed by atoms with Crippen LogP contribution in [-0.2, 0) is 16.0 Å². The highest BCUT2D eigenvalue weighted by molar-refractivity contribution is 5.86.